The first kappa shape index (κ1) is 15.7. The molecule has 0 amide bonds. The van der Waals surface area contributed by atoms with E-state index in [0.717, 1.165) is 6.26 Å². The topological polar surface area (TPSA) is 106 Å². The summed E-state index contributed by atoms with van der Waals surface area (Å²) in [6.45, 7) is 0. The molecule has 1 N–H and O–H groups in total. The molecule has 7 nitrogen and oxygen atoms in total. The van der Waals surface area contributed by atoms with E-state index in [4.69, 9.17) is 11.6 Å². The third kappa shape index (κ3) is 3.90. The second kappa shape index (κ2) is 5.58. The zero-order valence-electron chi connectivity index (χ0n) is 10.7. The maximum absolute atomic E-state index is 12.1. The molecule has 0 aliphatic heterocycles. The molecule has 0 radical (unpaired) electrons. The fraction of sp³-hybridized carbons (Fsp3) is 0.0909. The summed E-state index contributed by atoms with van der Waals surface area (Å²) < 4.78 is 49.1. The number of halogens is 1. The van der Waals surface area contributed by atoms with Crippen LogP contribution < -0.4 is 4.72 Å². The van der Waals surface area contributed by atoms with Crippen molar-refractivity contribution in [3.63, 3.8) is 0 Å². The van der Waals surface area contributed by atoms with Crippen molar-refractivity contribution in [3.8, 4) is 0 Å². The standard InChI is InChI=1S/C11H10ClN3O4S2/c1-20(16,17)8-2-4-9(5-3-8)21(18,19)15-11-7-13-6-10(12)14-11/h2-7H,1H3,(H,14,15). The van der Waals surface area contributed by atoms with Gasteiger partial charge >= 0.3 is 0 Å². The van der Waals surface area contributed by atoms with Crippen LogP contribution in [0.25, 0.3) is 0 Å². The molecule has 0 unspecified atom stereocenters. The lowest BCUT2D eigenvalue weighted by atomic mass is 10.4. The van der Waals surface area contributed by atoms with Crippen molar-refractivity contribution in [2.24, 2.45) is 0 Å². The first-order chi connectivity index (χ1) is 9.68. The van der Waals surface area contributed by atoms with Gasteiger partial charge in [0, 0.05) is 6.26 Å². The molecule has 2 aromatic rings. The van der Waals surface area contributed by atoms with Gasteiger partial charge in [0.1, 0.15) is 5.15 Å². The third-order valence-corrected chi connectivity index (χ3v) is 5.09. The Hall–Kier alpha value is -1.71. The van der Waals surface area contributed by atoms with Crippen molar-refractivity contribution in [1.29, 1.82) is 0 Å². The minimum absolute atomic E-state index is 0.0315. The van der Waals surface area contributed by atoms with Crippen LogP contribution in [0.1, 0.15) is 0 Å². The van der Waals surface area contributed by atoms with Gasteiger partial charge in [0.15, 0.2) is 15.7 Å². The molecular formula is C11H10ClN3O4S2. The van der Waals surface area contributed by atoms with Crippen molar-refractivity contribution in [2.75, 3.05) is 11.0 Å². The van der Waals surface area contributed by atoms with Gasteiger partial charge in [-0.1, -0.05) is 11.6 Å². The van der Waals surface area contributed by atoms with Crippen LogP contribution in [0.3, 0.4) is 0 Å². The van der Waals surface area contributed by atoms with E-state index in [0.29, 0.717) is 0 Å². The number of nitrogens with zero attached hydrogens (tertiary/aromatic N) is 2. The van der Waals surface area contributed by atoms with Gasteiger partial charge in [-0.2, -0.15) is 0 Å². The average molecular weight is 348 g/mol. The van der Waals surface area contributed by atoms with E-state index in [1.165, 1.54) is 36.7 Å². The van der Waals surface area contributed by atoms with E-state index in [9.17, 15) is 16.8 Å². The Balaban J connectivity index is 2.32. The first-order valence-corrected chi connectivity index (χ1v) is 9.24. The summed E-state index contributed by atoms with van der Waals surface area (Å²) in [7, 11) is -7.28. The summed E-state index contributed by atoms with van der Waals surface area (Å²) in [6.07, 6.45) is 3.50. The highest BCUT2D eigenvalue weighted by Crippen LogP contribution is 2.17. The number of benzene rings is 1. The maximum Gasteiger partial charge on any atom is 0.263 e. The lowest BCUT2D eigenvalue weighted by Gasteiger charge is -2.07. The molecule has 0 aliphatic rings. The second-order valence-corrected chi connectivity index (χ2v) is 8.16. The molecule has 2 rings (SSSR count). The normalized spacial score (nSPS) is 12.1. The van der Waals surface area contributed by atoms with Crippen molar-refractivity contribution in [1.82, 2.24) is 9.97 Å². The van der Waals surface area contributed by atoms with Gasteiger partial charge in [-0.15, -0.1) is 0 Å². The third-order valence-electron chi connectivity index (χ3n) is 2.41. The molecule has 0 saturated carbocycles. The van der Waals surface area contributed by atoms with Gasteiger partial charge in [0.05, 0.1) is 22.2 Å². The fourth-order valence-electron chi connectivity index (χ4n) is 1.45. The molecule has 0 aliphatic carbocycles. The number of sulfonamides is 1. The number of anilines is 1. The van der Waals surface area contributed by atoms with Crippen LogP contribution in [-0.4, -0.2) is 33.1 Å². The lowest BCUT2D eigenvalue weighted by Crippen LogP contribution is -2.14. The number of hydrogen-bond acceptors (Lipinski definition) is 6. The first-order valence-electron chi connectivity index (χ1n) is 5.49. The van der Waals surface area contributed by atoms with E-state index in [1.807, 2.05) is 0 Å². The van der Waals surface area contributed by atoms with Crippen LogP contribution in [0.5, 0.6) is 0 Å². The Bertz CT molecular complexity index is 865. The van der Waals surface area contributed by atoms with E-state index in [2.05, 4.69) is 14.7 Å². The highest BCUT2D eigenvalue weighted by molar-refractivity contribution is 7.92. The molecule has 0 fully saturated rings. The van der Waals surface area contributed by atoms with Gasteiger partial charge in [0.25, 0.3) is 10.0 Å². The smallest absolute Gasteiger partial charge is 0.262 e. The van der Waals surface area contributed by atoms with Gasteiger partial charge in [-0.3, -0.25) is 9.71 Å². The summed E-state index contributed by atoms with van der Waals surface area (Å²) in [4.78, 5) is 7.40. The Morgan fingerprint density at radius 1 is 1.00 bits per heavy atom. The molecule has 0 saturated heterocycles. The van der Waals surface area contributed by atoms with E-state index in [-0.39, 0.29) is 20.8 Å². The molecule has 21 heavy (non-hydrogen) atoms. The van der Waals surface area contributed by atoms with Gasteiger partial charge in [-0.05, 0) is 24.3 Å². The van der Waals surface area contributed by atoms with E-state index < -0.39 is 19.9 Å². The Labute approximate surface area is 127 Å². The van der Waals surface area contributed by atoms with Crippen LogP contribution in [0.2, 0.25) is 5.15 Å². The maximum atomic E-state index is 12.1. The molecule has 1 heterocycles. The van der Waals surface area contributed by atoms with E-state index >= 15 is 0 Å². The Morgan fingerprint density at radius 3 is 2.10 bits per heavy atom. The Kier molecular flexibility index (Phi) is 4.17. The van der Waals surface area contributed by atoms with Crippen LogP contribution >= 0.6 is 11.6 Å². The molecule has 0 bridgehead atoms. The van der Waals surface area contributed by atoms with Crippen LogP contribution in [0.4, 0.5) is 5.82 Å². The van der Waals surface area contributed by atoms with Crippen LogP contribution in [0, 0.1) is 0 Å². The van der Waals surface area contributed by atoms with E-state index in [1.54, 1.807) is 0 Å². The summed E-state index contributed by atoms with van der Waals surface area (Å²) in [5, 5.41) is 0.0441. The molecule has 0 spiro atoms. The largest absolute Gasteiger partial charge is 0.263 e. The molecule has 1 aromatic carbocycles. The number of nitrogens with one attached hydrogen (secondary N) is 1. The van der Waals surface area contributed by atoms with Crippen LogP contribution in [0.15, 0.2) is 46.5 Å². The predicted molar refractivity (Wildman–Crippen MR) is 77.4 cm³/mol. The molecule has 1 aromatic heterocycles. The summed E-state index contributed by atoms with van der Waals surface area (Å²) >= 11 is 5.62. The van der Waals surface area contributed by atoms with Crippen molar-refractivity contribution >= 4 is 37.3 Å². The zero-order chi connectivity index (χ0) is 15.7. The number of aromatic nitrogens is 2. The van der Waals surface area contributed by atoms with Crippen molar-refractivity contribution in [2.45, 2.75) is 9.79 Å². The summed E-state index contributed by atoms with van der Waals surface area (Å²) in [6, 6.07) is 4.81. The van der Waals surface area contributed by atoms with Gasteiger partial charge in [-0.25, -0.2) is 21.8 Å². The van der Waals surface area contributed by atoms with Gasteiger partial charge < -0.3 is 0 Å². The Morgan fingerprint density at radius 2 is 1.57 bits per heavy atom. The molecule has 10 heteroatoms. The molecule has 0 atom stereocenters. The van der Waals surface area contributed by atoms with Gasteiger partial charge in [0.2, 0.25) is 0 Å². The zero-order valence-corrected chi connectivity index (χ0v) is 13.1. The minimum Gasteiger partial charge on any atom is -0.262 e. The predicted octanol–water partition coefficient (Wildman–Crippen LogP) is 1.33. The SMILES string of the molecule is CS(=O)(=O)c1ccc(S(=O)(=O)Nc2cncc(Cl)n2)cc1. The number of sulfone groups is 1. The monoisotopic (exact) mass is 347 g/mol. The van der Waals surface area contributed by atoms with Crippen LogP contribution in [-0.2, 0) is 19.9 Å². The average Bonchev–Trinajstić information content (AvgIpc) is 2.37. The number of rotatable bonds is 4. The lowest BCUT2D eigenvalue weighted by molar-refractivity contribution is 0.597. The molecular weight excluding hydrogens is 338 g/mol. The highest BCUT2D eigenvalue weighted by Gasteiger charge is 2.16. The number of hydrogen-bond donors (Lipinski definition) is 1. The minimum atomic E-state index is -3.90. The highest BCUT2D eigenvalue weighted by atomic mass is 35.5. The van der Waals surface area contributed by atoms with Crippen molar-refractivity contribution in [3.05, 3.63) is 41.8 Å². The summed E-state index contributed by atoms with van der Waals surface area (Å²) in [5.41, 5.74) is 0. The second-order valence-electron chi connectivity index (χ2n) is 4.08. The summed E-state index contributed by atoms with van der Waals surface area (Å²) in [5.74, 6) is -0.0327. The fourth-order valence-corrected chi connectivity index (χ4v) is 3.22. The molecule has 112 valence electrons. The van der Waals surface area contributed by atoms with Crippen molar-refractivity contribution < 1.29 is 16.8 Å². The quantitative estimate of drug-likeness (QED) is 0.894.